The van der Waals surface area contributed by atoms with E-state index in [0.717, 1.165) is 5.56 Å². The van der Waals surface area contributed by atoms with Crippen LogP contribution in [-0.4, -0.2) is 49.3 Å². The van der Waals surface area contributed by atoms with Gasteiger partial charge in [-0.25, -0.2) is 0 Å². The highest BCUT2D eigenvalue weighted by Crippen LogP contribution is 2.66. The lowest BCUT2D eigenvalue weighted by Crippen LogP contribution is -2.55. The Labute approximate surface area is 199 Å². The number of aliphatic hydroxyl groups is 2. The zero-order valence-corrected chi connectivity index (χ0v) is 19.8. The number of benzene rings is 2. The van der Waals surface area contributed by atoms with Gasteiger partial charge < -0.3 is 34.9 Å². The summed E-state index contributed by atoms with van der Waals surface area (Å²) < 4.78 is 23.0. The van der Waals surface area contributed by atoms with Crippen LogP contribution in [0.2, 0.25) is 0 Å². The first-order chi connectivity index (χ1) is 16.3. The Kier molecular flexibility index (Phi) is 6.20. The Morgan fingerprint density at radius 1 is 1.12 bits per heavy atom. The zero-order chi connectivity index (χ0) is 24.7. The Hall–Kier alpha value is -3.26. The monoisotopic (exact) mass is 465 g/mol. The molecule has 180 valence electrons. The molecule has 1 saturated carbocycles. The summed E-state index contributed by atoms with van der Waals surface area (Å²) in [6.07, 6.45) is 3.88. The highest BCUT2D eigenvalue weighted by atomic mass is 16.5. The highest BCUT2D eigenvalue weighted by Gasteiger charge is 2.76. The van der Waals surface area contributed by atoms with Crippen molar-refractivity contribution >= 4 is 0 Å². The van der Waals surface area contributed by atoms with Gasteiger partial charge in [0.2, 0.25) is 0 Å². The van der Waals surface area contributed by atoms with E-state index in [4.69, 9.17) is 24.7 Å². The Bertz CT molecular complexity index is 1140. The molecular formula is C27H31NO6. The van der Waals surface area contributed by atoms with Crippen molar-refractivity contribution in [2.75, 3.05) is 21.3 Å². The molecule has 4 rings (SSSR count). The van der Waals surface area contributed by atoms with Crippen LogP contribution < -0.4 is 19.9 Å². The van der Waals surface area contributed by atoms with Gasteiger partial charge in [0.05, 0.1) is 26.9 Å². The van der Waals surface area contributed by atoms with Gasteiger partial charge in [-0.3, -0.25) is 0 Å². The lowest BCUT2D eigenvalue weighted by molar-refractivity contribution is -0.128. The molecule has 0 unspecified atom stereocenters. The van der Waals surface area contributed by atoms with Crippen LogP contribution in [0.25, 0.3) is 0 Å². The summed E-state index contributed by atoms with van der Waals surface area (Å²) in [6, 6.07) is 11.9. The molecule has 0 aromatic heterocycles. The summed E-state index contributed by atoms with van der Waals surface area (Å²) in [7, 11) is 4.59. The Balaban J connectivity index is 2.01. The third-order valence-corrected chi connectivity index (χ3v) is 6.93. The second kappa shape index (κ2) is 8.83. The summed E-state index contributed by atoms with van der Waals surface area (Å²) in [5.41, 5.74) is 4.66. The van der Waals surface area contributed by atoms with Crippen LogP contribution in [0.5, 0.6) is 17.2 Å². The van der Waals surface area contributed by atoms with Crippen molar-refractivity contribution in [2.45, 2.75) is 36.2 Å². The third kappa shape index (κ3) is 3.15. The maximum Gasteiger partial charge on any atom is 0.177 e. The van der Waals surface area contributed by atoms with E-state index >= 15 is 0 Å². The van der Waals surface area contributed by atoms with Crippen molar-refractivity contribution in [3.8, 4) is 17.2 Å². The van der Waals surface area contributed by atoms with Crippen molar-refractivity contribution in [1.82, 2.24) is 0 Å². The normalized spacial score (nSPS) is 30.0. The molecule has 4 N–H and O–H groups in total. The topological polar surface area (TPSA) is 103 Å². The molecule has 0 bridgehead atoms. The van der Waals surface area contributed by atoms with Crippen LogP contribution in [-0.2, 0) is 10.3 Å². The maximum atomic E-state index is 12.4. The molecule has 1 aliphatic carbocycles. The van der Waals surface area contributed by atoms with E-state index < -0.39 is 29.3 Å². The van der Waals surface area contributed by atoms with Gasteiger partial charge in [0.15, 0.2) is 11.2 Å². The summed E-state index contributed by atoms with van der Waals surface area (Å²) in [5.74, 6) is 1.11. The minimum absolute atomic E-state index is 0.310. The summed E-state index contributed by atoms with van der Waals surface area (Å²) in [6.45, 7) is 6.14. The Morgan fingerprint density at radius 2 is 1.82 bits per heavy atom. The van der Waals surface area contributed by atoms with Crippen LogP contribution in [0.4, 0.5) is 0 Å². The van der Waals surface area contributed by atoms with Gasteiger partial charge in [0.1, 0.15) is 29.1 Å². The molecule has 7 heteroatoms. The van der Waals surface area contributed by atoms with Gasteiger partial charge in [-0.15, -0.1) is 0 Å². The van der Waals surface area contributed by atoms with Crippen LogP contribution >= 0.6 is 0 Å². The average molecular weight is 466 g/mol. The average Bonchev–Trinajstić information content (AvgIpc) is 3.22. The first kappa shape index (κ1) is 23.9. The smallest absolute Gasteiger partial charge is 0.177 e. The second-order valence-electron chi connectivity index (χ2n) is 8.47. The van der Waals surface area contributed by atoms with Crippen LogP contribution in [0.1, 0.15) is 24.0 Å². The molecule has 0 spiro atoms. The number of aliphatic hydroxyl groups excluding tert-OH is 1. The fourth-order valence-corrected chi connectivity index (χ4v) is 5.35. The first-order valence-electron chi connectivity index (χ1n) is 11.0. The predicted octanol–water partition coefficient (Wildman–Crippen LogP) is 3.17. The molecule has 1 fully saturated rings. The number of allylic oxidation sites excluding steroid dienone is 2. The minimum Gasteiger partial charge on any atom is -0.497 e. The SMILES string of the molecule is C=C(/C=C\C(=C/C)OC)[C@@]12Oc3cc(OC)cc(OC)c3[C@]1(O)[C@H](O)[C@H](N)[C@H]2c1ccccc1. The number of rotatable bonds is 7. The Morgan fingerprint density at radius 3 is 2.41 bits per heavy atom. The van der Waals surface area contributed by atoms with Gasteiger partial charge in [-0.1, -0.05) is 43.0 Å². The van der Waals surface area contributed by atoms with E-state index in [1.165, 1.54) is 14.2 Å². The molecule has 34 heavy (non-hydrogen) atoms. The van der Waals surface area contributed by atoms with Crippen molar-refractivity contribution in [1.29, 1.82) is 0 Å². The molecule has 2 aromatic carbocycles. The van der Waals surface area contributed by atoms with E-state index in [2.05, 4.69) is 6.58 Å². The molecule has 0 radical (unpaired) electrons. The van der Waals surface area contributed by atoms with Crippen molar-refractivity contribution < 1.29 is 29.2 Å². The maximum absolute atomic E-state index is 12.4. The third-order valence-electron chi connectivity index (χ3n) is 6.93. The number of methoxy groups -OCH3 is 3. The van der Waals surface area contributed by atoms with Gasteiger partial charge in [0.25, 0.3) is 0 Å². The van der Waals surface area contributed by atoms with E-state index in [1.54, 1.807) is 37.5 Å². The van der Waals surface area contributed by atoms with E-state index in [0.29, 0.717) is 34.1 Å². The summed E-state index contributed by atoms with van der Waals surface area (Å²) >= 11 is 0. The molecule has 2 aliphatic rings. The molecule has 5 atom stereocenters. The summed E-state index contributed by atoms with van der Waals surface area (Å²) in [5, 5.41) is 23.9. The molecule has 2 aromatic rings. The molecule has 0 saturated heterocycles. The highest BCUT2D eigenvalue weighted by molar-refractivity contribution is 5.65. The first-order valence-corrected chi connectivity index (χ1v) is 11.0. The van der Waals surface area contributed by atoms with Gasteiger partial charge in [-0.2, -0.15) is 0 Å². The predicted molar refractivity (Wildman–Crippen MR) is 129 cm³/mol. The number of hydrogen-bond donors (Lipinski definition) is 3. The number of ether oxygens (including phenoxy) is 4. The van der Waals surface area contributed by atoms with Crippen LogP contribution in [0, 0.1) is 0 Å². The van der Waals surface area contributed by atoms with Gasteiger partial charge in [0, 0.05) is 24.1 Å². The van der Waals surface area contributed by atoms with Crippen LogP contribution in [0.3, 0.4) is 0 Å². The minimum atomic E-state index is -1.95. The quantitative estimate of drug-likeness (QED) is 0.426. The molecule has 0 amide bonds. The standard InChI is InChI=1S/C27H31NO6/c1-6-18(31-3)13-12-16(2)27-22(17-10-8-7-9-11-17)24(28)25(29)26(27,30)23-20(33-5)14-19(32-4)15-21(23)34-27/h6-15,22,24-25,29-30H,2,28H2,1,3-5H3/b13-12-,18-6+/t22-,24-,25-,26+,27+/m1/s1. The van der Waals surface area contributed by atoms with Crippen molar-refractivity contribution in [3.05, 3.63) is 89.7 Å². The fraction of sp³-hybridized carbons (Fsp3) is 0.333. The van der Waals surface area contributed by atoms with Gasteiger partial charge >= 0.3 is 0 Å². The van der Waals surface area contributed by atoms with Crippen LogP contribution in [0.15, 0.2) is 78.6 Å². The largest absolute Gasteiger partial charge is 0.497 e. The number of hydrogen-bond acceptors (Lipinski definition) is 7. The zero-order valence-electron chi connectivity index (χ0n) is 19.8. The molecule has 1 aliphatic heterocycles. The second-order valence-corrected chi connectivity index (χ2v) is 8.47. The van der Waals surface area contributed by atoms with Crippen molar-refractivity contribution in [3.63, 3.8) is 0 Å². The number of fused-ring (bicyclic) bond motifs is 3. The fourth-order valence-electron chi connectivity index (χ4n) is 5.35. The van der Waals surface area contributed by atoms with Gasteiger partial charge in [-0.05, 0) is 30.2 Å². The summed E-state index contributed by atoms with van der Waals surface area (Å²) in [4.78, 5) is 0. The van der Waals surface area contributed by atoms with Crippen molar-refractivity contribution in [2.24, 2.45) is 5.73 Å². The lowest BCUT2D eigenvalue weighted by Gasteiger charge is -2.41. The van der Waals surface area contributed by atoms with E-state index in [9.17, 15) is 10.2 Å². The van der Waals surface area contributed by atoms with E-state index in [1.807, 2.05) is 37.3 Å². The molecular weight excluding hydrogens is 434 g/mol. The lowest BCUT2D eigenvalue weighted by atomic mass is 9.71. The molecule has 7 nitrogen and oxygen atoms in total. The number of nitrogens with two attached hydrogens (primary N) is 1. The van der Waals surface area contributed by atoms with E-state index in [-0.39, 0.29) is 0 Å². The molecule has 1 heterocycles.